The van der Waals surface area contributed by atoms with E-state index >= 15 is 0 Å². The van der Waals surface area contributed by atoms with E-state index in [1.54, 1.807) is 31.2 Å². The van der Waals surface area contributed by atoms with Crippen LogP contribution in [0.1, 0.15) is 18.5 Å². The van der Waals surface area contributed by atoms with Gasteiger partial charge in [0.15, 0.2) is 6.61 Å². The highest BCUT2D eigenvalue weighted by Crippen LogP contribution is 2.16. The van der Waals surface area contributed by atoms with Crippen LogP contribution < -0.4 is 15.4 Å². The number of benzene rings is 2. The highest BCUT2D eigenvalue weighted by atomic mass is 16.5. The molecule has 8 heteroatoms. The van der Waals surface area contributed by atoms with Crippen LogP contribution in [0.3, 0.4) is 0 Å². The van der Waals surface area contributed by atoms with Crippen molar-refractivity contribution in [3.8, 4) is 5.75 Å². The number of carbonyl (C=O) groups excluding carboxylic acids is 2. The zero-order valence-electron chi connectivity index (χ0n) is 15.6. The lowest BCUT2D eigenvalue weighted by Gasteiger charge is -2.12. The lowest BCUT2D eigenvalue weighted by atomic mass is 10.2. The van der Waals surface area contributed by atoms with Gasteiger partial charge in [-0.25, -0.2) is 9.67 Å². The number of aryl methyl sites for hydroxylation is 1. The number of anilines is 2. The van der Waals surface area contributed by atoms with E-state index in [-0.39, 0.29) is 18.4 Å². The molecule has 3 aromatic rings. The molecular formula is C20H21N5O3. The van der Waals surface area contributed by atoms with Gasteiger partial charge in [0.25, 0.3) is 5.91 Å². The molecule has 0 fully saturated rings. The van der Waals surface area contributed by atoms with E-state index in [4.69, 9.17) is 4.74 Å². The normalized spacial score (nSPS) is 11.5. The average molecular weight is 379 g/mol. The number of hydrogen-bond acceptors (Lipinski definition) is 5. The predicted octanol–water partition coefficient (Wildman–Crippen LogP) is 2.80. The van der Waals surface area contributed by atoms with Crippen LogP contribution in [0.5, 0.6) is 5.75 Å². The molecule has 0 unspecified atom stereocenters. The number of rotatable bonds is 7. The number of nitrogens with one attached hydrogen (secondary N) is 2. The summed E-state index contributed by atoms with van der Waals surface area (Å²) in [5.41, 5.74) is 2.35. The molecule has 1 heterocycles. The molecule has 144 valence electrons. The summed E-state index contributed by atoms with van der Waals surface area (Å²) in [6, 6.07) is 13.8. The summed E-state index contributed by atoms with van der Waals surface area (Å²) in [7, 11) is 0. The Labute approximate surface area is 162 Å². The van der Waals surface area contributed by atoms with Gasteiger partial charge < -0.3 is 15.4 Å². The SMILES string of the molecule is Cc1ccc(OCC(=O)Nc2ccc(NC(=O)[C@@H](C)n3cncn3)cc2)cc1. The van der Waals surface area contributed by atoms with Gasteiger partial charge in [0.05, 0.1) is 0 Å². The molecule has 28 heavy (non-hydrogen) atoms. The van der Waals surface area contributed by atoms with E-state index in [9.17, 15) is 9.59 Å². The Bertz CT molecular complexity index is 921. The van der Waals surface area contributed by atoms with Crippen LogP contribution in [-0.4, -0.2) is 33.2 Å². The molecule has 3 rings (SSSR count). The van der Waals surface area contributed by atoms with Gasteiger partial charge in [-0.05, 0) is 50.2 Å². The van der Waals surface area contributed by atoms with Crippen LogP contribution in [0.2, 0.25) is 0 Å². The summed E-state index contributed by atoms with van der Waals surface area (Å²) in [5.74, 6) is 0.159. The molecule has 0 aliphatic heterocycles. The molecule has 0 aliphatic rings. The molecule has 0 aliphatic carbocycles. The van der Waals surface area contributed by atoms with E-state index in [0.717, 1.165) is 5.56 Å². The van der Waals surface area contributed by atoms with Crippen LogP contribution in [0.25, 0.3) is 0 Å². The first kappa shape index (κ1) is 19.1. The van der Waals surface area contributed by atoms with Crippen molar-refractivity contribution in [1.29, 1.82) is 0 Å². The Morgan fingerprint density at radius 3 is 2.29 bits per heavy atom. The van der Waals surface area contributed by atoms with E-state index < -0.39 is 6.04 Å². The predicted molar refractivity (Wildman–Crippen MR) is 105 cm³/mol. The topological polar surface area (TPSA) is 98.1 Å². The first-order chi connectivity index (χ1) is 13.5. The van der Waals surface area contributed by atoms with Crippen LogP contribution >= 0.6 is 0 Å². The van der Waals surface area contributed by atoms with E-state index in [1.165, 1.54) is 17.3 Å². The molecule has 0 saturated heterocycles. The van der Waals surface area contributed by atoms with Gasteiger partial charge in [-0.1, -0.05) is 17.7 Å². The number of nitrogens with zero attached hydrogens (tertiary/aromatic N) is 3. The van der Waals surface area contributed by atoms with Crippen molar-refractivity contribution in [2.24, 2.45) is 0 Å². The molecule has 2 aromatic carbocycles. The van der Waals surface area contributed by atoms with Crippen molar-refractivity contribution in [1.82, 2.24) is 14.8 Å². The van der Waals surface area contributed by atoms with Crippen molar-refractivity contribution < 1.29 is 14.3 Å². The fourth-order valence-electron chi connectivity index (χ4n) is 2.40. The second-order valence-electron chi connectivity index (χ2n) is 6.27. The van der Waals surface area contributed by atoms with Gasteiger partial charge in [0.1, 0.15) is 24.4 Å². The summed E-state index contributed by atoms with van der Waals surface area (Å²) in [6.45, 7) is 3.63. The Morgan fingerprint density at radius 2 is 1.68 bits per heavy atom. The van der Waals surface area contributed by atoms with E-state index in [1.807, 2.05) is 31.2 Å². The average Bonchev–Trinajstić information content (AvgIpc) is 3.23. The minimum atomic E-state index is -0.485. The molecule has 1 atom stereocenters. The molecule has 0 bridgehead atoms. The van der Waals surface area contributed by atoms with Crippen LogP contribution in [0, 0.1) is 6.92 Å². The number of carbonyl (C=O) groups is 2. The Balaban J connectivity index is 1.49. The summed E-state index contributed by atoms with van der Waals surface area (Å²) < 4.78 is 6.92. The van der Waals surface area contributed by atoms with Crippen molar-refractivity contribution >= 4 is 23.2 Å². The Morgan fingerprint density at radius 1 is 1.04 bits per heavy atom. The zero-order chi connectivity index (χ0) is 19.9. The third-order valence-electron chi connectivity index (χ3n) is 4.04. The standard InChI is InChI=1S/C20H21N5O3/c1-14-3-9-18(10-4-14)28-11-19(26)23-16-5-7-17(8-6-16)24-20(27)15(2)25-13-21-12-22-25/h3-10,12-13,15H,11H2,1-2H3,(H,23,26)(H,24,27)/t15-/m1/s1. The summed E-state index contributed by atoms with van der Waals surface area (Å²) in [4.78, 5) is 28.1. The maximum Gasteiger partial charge on any atom is 0.262 e. The fourth-order valence-corrected chi connectivity index (χ4v) is 2.40. The highest BCUT2D eigenvalue weighted by Gasteiger charge is 2.15. The van der Waals surface area contributed by atoms with Crippen molar-refractivity contribution in [3.63, 3.8) is 0 Å². The lowest BCUT2D eigenvalue weighted by molar-refractivity contribution is -0.119. The van der Waals surface area contributed by atoms with Gasteiger partial charge in [0.2, 0.25) is 5.91 Å². The molecule has 8 nitrogen and oxygen atoms in total. The molecule has 2 amide bonds. The molecule has 1 aromatic heterocycles. The van der Waals surface area contributed by atoms with Crippen molar-refractivity contribution in [3.05, 3.63) is 66.7 Å². The first-order valence-corrected chi connectivity index (χ1v) is 8.75. The second-order valence-corrected chi connectivity index (χ2v) is 6.27. The van der Waals surface area contributed by atoms with Crippen LogP contribution in [0.15, 0.2) is 61.2 Å². The Kier molecular flexibility index (Phi) is 6.01. The smallest absolute Gasteiger partial charge is 0.262 e. The summed E-state index contributed by atoms with van der Waals surface area (Å²) in [5, 5.41) is 9.50. The minimum absolute atomic E-state index is 0.0863. The third kappa shape index (κ3) is 5.16. The quantitative estimate of drug-likeness (QED) is 0.658. The zero-order valence-corrected chi connectivity index (χ0v) is 15.6. The fraction of sp³-hybridized carbons (Fsp3) is 0.200. The minimum Gasteiger partial charge on any atom is -0.484 e. The first-order valence-electron chi connectivity index (χ1n) is 8.75. The molecular weight excluding hydrogens is 358 g/mol. The van der Waals surface area contributed by atoms with Gasteiger partial charge in [-0.15, -0.1) is 0 Å². The van der Waals surface area contributed by atoms with Crippen LogP contribution in [-0.2, 0) is 9.59 Å². The van der Waals surface area contributed by atoms with E-state index in [0.29, 0.717) is 17.1 Å². The third-order valence-corrected chi connectivity index (χ3v) is 4.04. The van der Waals surface area contributed by atoms with Crippen LogP contribution in [0.4, 0.5) is 11.4 Å². The second kappa shape index (κ2) is 8.81. The van der Waals surface area contributed by atoms with Crippen molar-refractivity contribution in [2.45, 2.75) is 19.9 Å². The number of aromatic nitrogens is 3. The molecule has 2 N–H and O–H groups in total. The maximum atomic E-state index is 12.2. The summed E-state index contributed by atoms with van der Waals surface area (Å²) in [6.07, 6.45) is 2.87. The van der Waals surface area contributed by atoms with Gasteiger partial charge >= 0.3 is 0 Å². The lowest BCUT2D eigenvalue weighted by Crippen LogP contribution is -2.24. The van der Waals surface area contributed by atoms with Gasteiger partial charge in [-0.3, -0.25) is 9.59 Å². The molecule has 0 spiro atoms. The highest BCUT2D eigenvalue weighted by molar-refractivity contribution is 5.94. The molecule has 0 radical (unpaired) electrons. The van der Waals surface area contributed by atoms with E-state index in [2.05, 4.69) is 20.7 Å². The number of amides is 2. The summed E-state index contributed by atoms with van der Waals surface area (Å²) >= 11 is 0. The van der Waals surface area contributed by atoms with Crippen molar-refractivity contribution in [2.75, 3.05) is 17.2 Å². The Hall–Kier alpha value is -3.68. The van der Waals surface area contributed by atoms with Gasteiger partial charge in [0, 0.05) is 11.4 Å². The van der Waals surface area contributed by atoms with Gasteiger partial charge in [-0.2, -0.15) is 5.10 Å². The largest absolute Gasteiger partial charge is 0.484 e. The maximum absolute atomic E-state index is 12.2. The number of ether oxygens (including phenoxy) is 1. The monoisotopic (exact) mass is 379 g/mol. The molecule has 0 saturated carbocycles. The number of hydrogen-bond donors (Lipinski definition) is 2.